The Labute approximate surface area is 73.1 Å². The Hall–Kier alpha value is 0.120. The van der Waals surface area contributed by atoms with Gasteiger partial charge in [-0.2, -0.15) is 0 Å². The maximum absolute atomic E-state index is 10.9. The average molecular weight is 256 g/mol. The summed E-state index contributed by atoms with van der Waals surface area (Å²) < 4.78 is 2.83. The van der Waals surface area contributed by atoms with Crippen LogP contribution in [0.4, 0.5) is 0 Å². The molecule has 58 valence electrons. The Morgan fingerprint density at radius 2 is 2.50 bits per heavy atom. The lowest BCUT2D eigenvalue weighted by Gasteiger charge is -2.17. The summed E-state index contributed by atoms with van der Waals surface area (Å²) in [7, 11) is 1.60. The predicted octanol–water partition coefficient (Wildman–Crippen LogP) is -0.525. The van der Waals surface area contributed by atoms with Crippen molar-refractivity contribution in [3.63, 3.8) is 0 Å². The van der Waals surface area contributed by atoms with Crippen molar-refractivity contribution in [2.45, 2.75) is 18.7 Å². The van der Waals surface area contributed by atoms with E-state index >= 15 is 0 Å². The molecule has 1 rings (SSSR count). The van der Waals surface area contributed by atoms with Gasteiger partial charge in [0, 0.05) is 36.3 Å². The summed E-state index contributed by atoms with van der Waals surface area (Å²) >= 11 is 1.94. The van der Waals surface area contributed by atoms with Gasteiger partial charge in [-0.1, -0.05) is 0 Å². The topological polar surface area (TPSA) is 52.6 Å². The first-order valence-electron chi connectivity index (χ1n) is 2.96. The van der Waals surface area contributed by atoms with Gasteiger partial charge >= 0.3 is 0 Å². The molecule has 0 bridgehead atoms. The summed E-state index contributed by atoms with van der Waals surface area (Å²) in [6.45, 7) is 0. The molecule has 5 heteroatoms. The van der Waals surface area contributed by atoms with Crippen molar-refractivity contribution < 1.29 is 9.90 Å². The molecular formula is C5H9IN2O2. The highest BCUT2D eigenvalue weighted by molar-refractivity contribution is 14.1. The van der Waals surface area contributed by atoms with Crippen LogP contribution in [-0.2, 0) is 4.79 Å². The first kappa shape index (κ1) is 8.22. The minimum atomic E-state index is -0.663. The number of nitrogens with one attached hydrogen (secondary N) is 1. The highest BCUT2D eigenvalue weighted by Gasteiger charge is 2.35. The number of carbonyl (C=O) groups is 1. The molecule has 2 unspecified atom stereocenters. The number of likely N-dealkylation sites (N-methyl/N-ethyl adjacent to an activating group) is 1. The quantitative estimate of drug-likeness (QED) is 0.490. The third kappa shape index (κ3) is 1.25. The van der Waals surface area contributed by atoms with Gasteiger partial charge in [-0.15, -0.1) is 0 Å². The van der Waals surface area contributed by atoms with Gasteiger partial charge in [-0.05, 0) is 0 Å². The van der Waals surface area contributed by atoms with Crippen molar-refractivity contribution in [3.05, 3.63) is 0 Å². The van der Waals surface area contributed by atoms with E-state index in [0.29, 0.717) is 6.42 Å². The molecule has 10 heavy (non-hydrogen) atoms. The summed E-state index contributed by atoms with van der Waals surface area (Å²) in [5.41, 5.74) is 0. The number of aliphatic hydroxyl groups excluding tert-OH is 1. The zero-order valence-electron chi connectivity index (χ0n) is 5.54. The van der Waals surface area contributed by atoms with Crippen LogP contribution in [0.3, 0.4) is 0 Å². The summed E-state index contributed by atoms with van der Waals surface area (Å²) in [6.07, 6.45) is -0.273. The van der Waals surface area contributed by atoms with Crippen LogP contribution >= 0.6 is 22.9 Å². The summed E-state index contributed by atoms with van der Waals surface area (Å²) in [5, 5.41) is 9.27. The van der Waals surface area contributed by atoms with E-state index in [1.165, 1.54) is 4.90 Å². The van der Waals surface area contributed by atoms with Gasteiger partial charge in [0.15, 0.2) is 0 Å². The van der Waals surface area contributed by atoms with E-state index in [0.717, 1.165) is 0 Å². The van der Waals surface area contributed by atoms with E-state index in [4.69, 9.17) is 0 Å². The lowest BCUT2D eigenvalue weighted by Crippen LogP contribution is -2.37. The maximum Gasteiger partial charge on any atom is 0.226 e. The highest BCUT2D eigenvalue weighted by Crippen LogP contribution is 2.15. The second-order valence-electron chi connectivity index (χ2n) is 2.34. The minimum Gasteiger partial charge on any atom is -0.372 e. The number of amides is 1. The normalized spacial score (nSPS) is 33.5. The fourth-order valence-corrected chi connectivity index (χ4v) is 1.49. The van der Waals surface area contributed by atoms with E-state index in [2.05, 4.69) is 3.53 Å². The van der Waals surface area contributed by atoms with Gasteiger partial charge in [0.25, 0.3) is 0 Å². The summed E-state index contributed by atoms with van der Waals surface area (Å²) in [4.78, 5) is 12.2. The zero-order valence-corrected chi connectivity index (χ0v) is 7.70. The van der Waals surface area contributed by atoms with E-state index in [9.17, 15) is 9.90 Å². The highest BCUT2D eigenvalue weighted by atomic mass is 127. The lowest BCUT2D eigenvalue weighted by atomic mass is 10.2. The Bertz CT molecular complexity index is 153. The van der Waals surface area contributed by atoms with Gasteiger partial charge < -0.3 is 10.0 Å². The molecule has 0 saturated carbocycles. The third-order valence-corrected chi connectivity index (χ3v) is 2.48. The largest absolute Gasteiger partial charge is 0.372 e. The van der Waals surface area contributed by atoms with Crippen molar-refractivity contribution in [2.24, 2.45) is 0 Å². The number of likely N-dealkylation sites (tertiary alicyclic amines) is 1. The first-order chi connectivity index (χ1) is 4.66. The number of aliphatic hydroxyl groups is 1. The Kier molecular flexibility index (Phi) is 2.48. The van der Waals surface area contributed by atoms with Crippen LogP contribution in [0.1, 0.15) is 6.42 Å². The van der Waals surface area contributed by atoms with Crippen molar-refractivity contribution in [3.8, 4) is 0 Å². The number of nitrogens with zero attached hydrogens (tertiary/aromatic N) is 1. The molecule has 0 aromatic heterocycles. The van der Waals surface area contributed by atoms with Gasteiger partial charge in [0.2, 0.25) is 5.91 Å². The molecule has 0 aromatic carbocycles. The molecule has 1 amide bonds. The van der Waals surface area contributed by atoms with Gasteiger partial charge in [0.1, 0.15) is 6.23 Å². The van der Waals surface area contributed by atoms with Crippen LogP contribution in [-0.4, -0.2) is 35.2 Å². The third-order valence-electron chi connectivity index (χ3n) is 1.68. The van der Waals surface area contributed by atoms with Gasteiger partial charge in [-0.3, -0.25) is 8.32 Å². The fraction of sp³-hybridized carbons (Fsp3) is 0.800. The molecule has 1 aliphatic rings. The molecular weight excluding hydrogens is 247 g/mol. The second-order valence-corrected chi connectivity index (χ2v) is 2.96. The predicted molar refractivity (Wildman–Crippen MR) is 44.3 cm³/mol. The fourth-order valence-electron chi connectivity index (χ4n) is 0.950. The lowest BCUT2D eigenvalue weighted by molar-refractivity contribution is -0.131. The van der Waals surface area contributed by atoms with Crippen LogP contribution in [0.15, 0.2) is 0 Å². The van der Waals surface area contributed by atoms with Crippen LogP contribution in [0.25, 0.3) is 0 Å². The minimum absolute atomic E-state index is 0.0123. The molecule has 2 N–H and O–H groups in total. The second kappa shape index (κ2) is 3.02. The van der Waals surface area contributed by atoms with E-state index in [-0.39, 0.29) is 11.9 Å². The molecule has 1 aliphatic heterocycles. The molecule has 1 heterocycles. The van der Waals surface area contributed by atoms with Crippen molar-refractivity contribution in [1.82, 2.24) is 8.43 Å². The van der Waals surface area contributed by atoms with Crippen LogP contribution in [0.2, 0.25) is 0 Å². The van der Waals surface area contributed by atoms with Crippen molar-refractivity contribution in [1.29, 1.82) is 0 Å². The monoisotopic (exact) mass is 256 g/mol. The van der Waals surface area contributed by atoms with Gasteiger partial charge in [0.05, 0.1) is 6.04 Å². The zero-order chi connectivity index (χ0) is 7.72. The van der Waals surface area contributed by atoms with Gasteiger partial charge in [-0.25, -0.2) is 0 Å². The summed E-state index contributed by atoms with van der Waals surface area (Å²) in [6, 6.07) is -0.113. The Morgan fingerprint density at radius 1 is 1.90 bits per heavy atom. The average Bonchev–Trinajstić information content (AvgIpc) is 2.17. The SMILES string of the molecule is CN1C(=O)CC(NI)C1O. The van der Waals surface area contributed by atoms with E-state index in [1.54, 1.807) is 7.05 Å². The molecule has 0 spiro atoms. The number of carbonyl (C=O) groups excluding carboxylic acids is 1. The Morgan fingerprint density at radius 3 is 2.70 bits per heavy atom. The van der Waals surface area contributed by atoms with Crippen LogP contribution < -0.4 is 3.53 Å². The van der Waals surface area contributed by atoms with Crippen molar-refractivity contribution in [2.75, 3.05) is 7.05 Å². The number of rotatable bonds is 1. The summed E-state index contributed by atoms with van der Waals surface area (Å²) in [5.74, 6) is -0.0123. The number of hydrogen-bond donors (Lipinski definition) is 2. The molecule has 1 fully saturated rings. The first-order valence-corrected chi connectivity index (χ1v) is 4.04. The molecule has 0 radical (unpaired) electrons. The Balaban J connectivity index is 2.61. The van der Waals surface area contributed by atoms with Crippen LogP contribution in [0.5, 0.6) is 0 Å². The molecule has 0 aliphatic carbocycles. The maximum atomic E-state index is 10.9. The van der Waals surface area contributed by atoms with Crippen LogP contribution in [0, 0.1) is 0 Å². The standard InChI is InChI=1S/C5H9IN2O2/c1-8-4(9)2-3(7-6)5(8)10/h3,5,7,10H,2H2,1H3. The molecule has 4 nitrogen and oxygen atoms in total. The molecule has 2 atom stereocenters. The van der Waals surface area contributed by atoms with Crippen molar-refractivity contribution >= 4 is 28.8 Å². The number of hydrogen-bond acceptors (Lipinski definition) is 3. The number of halogens is 1. The van der Waals surface area contributed by atoms with E-state index < -0.39 is 6.23 Å². The smallest absolute Gasteiger partial charge is 0.226 e. The molecule has 0 aromatic rings. The molecule has 1 saturated heterocycles. The van der Waals surface area contributed by atoms with E-state index in [1.807, 2.05) is 22.9 Å².